The number of aliphatic hydroxyl groups is 1. The third kappa shape index (κ3) is 5.10. The fraction of sp³-hybridized carbons (Fsp3) is 0.667. The smallest absolute Gasteiger partial charge is 0.147 e. The monoisotopic (exact) mass is 292 g/mol. The Bertz CT molecular complexity index is 387. The van der Waals surface area contributed by atoms with Crippen molar-refractivity contribution in [1.82, 2.24) is 0 Å². The Morgan fingerprint density at radius 3 is 2.52 bits per heavy atom. The van der Waals surface area contributed by atoms with Gasteiger partial charge in [-0.3, -0.25) is 0 Å². The molecule has 1 aliphatic carbocycles. The van der Waals surface area contributed by atoms with Gasteiger partial charge in [-0.05, 0) is 37.2 Å². The highest BCUT2D eigenvalue weighted by atomic mass is 16.7. The first-order valence-electron chi connectivity index (χ1n) is 8.16. The van der Waals surface area contributed by atoms with Crippen LogP contribution >= 0.6 is 0 Å². The van der Waals surface area contributed by atoms with E-state index in [9.17, 15) is 5.11 Å². The molecule has 1 atom stereocenters. The summed E-state index contributed by atoms with van der Waals surface area (Å²) in [5.74, 6) is 0.455. The Morgan fingerprint density at radius 1 is 1.14 bits per heavy atom. The van der Waals surface area contributed by atoms with Gasteiger partial charge in [0.05, 0.1) is 18.8 Å². The van der Waals surface area contributed by atoms with Gasteiger partial charge in [0.25, 0.3) is 0 Å². The third-order valence-corrected chi connectivity index (χ3v) is 4.68. The molecule has 0 spiro atoms. The van der Waals surface area contributed by atoms with Crippen LogP contribution in [0, 0.1) is 5.92 Å². The SMILES string of the molecule is CCC(O)(CCOCOCc1ccccc1)C1CCCC1. The summed E-state index contributed by atoms with van der Waals surface area (Å²) in [4.78, 5) is 0. The molecule has 3 nitrogen and oxygen atoms in total. The second-order valence-corrected chi connectivity index (χ2v) is 6.05. The van der Waals surface area contributed by atoms with E-state index in [4.69, 9.17) is 9.47 Å². The first kappa shape index (κ1) is 16.5. The standard InChI is InChI=1S/C18H28O3/c1-2-18(19,17-10-6-7-11-17)12-13-20-15-21-14-16-8-4-3-5-9-16/h3-5,8-9,17,19H,2,6-7,10-15H2,1H3. The van der Waals surface area contributed by atoms with Crippen molar-refractivity contribution in [3.05, 3.63) is 35.9 Å². The molecule has 1 aliphatic rings. The van der Waals surface area contributed by atoms with Gasteiger partial charge in [-0.15, -0.1) is 0 Å². The second-order valence-electron chi connectivity index (χ2n) is 6.05. The molecule has 1 aromatic rings. The normalized spacial score (nSPS) is 18.8. The first-order chi connectivity index (χ1) is 10.2. The first-order valence-corrected chi connectivity index (χ1v) is 8.16. The summed E-state index contributed by atoms with van der Waals surface area (Å²) in [5, 5.41) is 10.7. The zero-order chi connectivity index (χ0) is 15.0. The lowest BCUT2D eigenvalue weighted by molar-refractivity contribution is -0.0929. The molecule has 1 fully saturated rings. The van der Waals surface area contributed by atoms with Crippen molar-refractivity contribution in [2.24, 2.45) is 5.92 Å². The van der Waals surface area contributed by atoms with Crippen LogP contribution in [-0.2, 0) is 16.1 Å². The van der Waals surface area contributed by atoms with Gasteiger partial charge in [0.2, 0.25) is 0 Å². The van der Waals surface area contributed by atoms with Gasteiger partial charge in [0.15, 0.2) is 0 Å². The van der Waals surface area contributed by atoms with E-state index in [1.165, 1.54) is 12.8 Å². The van der Waals surface area contributed by atoms with Crippen LogP contribution in [-0.4, -0.2) is 24.1 Å². The lowest BCUT2D eigenvalue weighted by Gasteiger charge is -2.33. The summed E-state index contributed by atoms with van der Waals surface area (Å²) in [6.45, 7) is 3.50. The van der Waals surface area contributed by atoms with Gasteiger partial charge in [-0.2, -0.15) is 0 Å². The van der Waals surface area contributed by atoms with Crippen LogP contribution in [0.15, 0.2) is 30.3 Å². The Hall–Kier alpha value is -0.900. The molecule has 0 aromatic heterocycles. The largest absolute Gasteiger partial charge is 0.390 e. The van der Waals surface area contributed by atoms with E-state index >= 15 is 0 Å². The molecule has 0 radical (unpaired) electrons. The molecule has 2 rings (SSSR count). The van der Waals surface area contributed by atoms with Crippen molar-refractivity contribution in [2.45, 2.75) is 57.7 Å². The molecule has 21 heavy (non-hydrogen) atoms. The fourth-order valence-electron chi connectivity index (χ4n) is 3.23. The van der Waals surface area contributed by atoms with E-state index < -0.39 is 5.60 Å². The van der Waals surface area contributed by atoms with Gasteiger partial charge in [0, 0.05) is 0 Å². The average Bonchev–Trinajstić information content (AvgIpc) is 3.06. The number of benzene rings is 1. The molecule has 118 valence electrons. The zero-order valence-corrected chi connectivity index (χ0v) is 13.1. The molecular weight excluding hydrogens is 264 g/mol. The van der Waals surface area contributed by atoms with Crippen LogP contribution < -0.4 is 0 Å². The lowest BCUT2D eigenvalue weighted by Crippen LogP contribution is -2.37. The Kier molecular flexibility index (Phi) is 6.68. The van der Waals surface area contributed by atoms with Gasteiger partial charge >= 0.3 is 0 Å². The molecular formula is C18H28O3. The fourth-order valence-corrected chi connectivity index (χ4v) is 3.23. The Morgan fingerprint density at radius 2 is 1.86 bits per heavy atom. The van der Waals surface area contributed by atoms with Crippen LogP contribution in [0.2, 0.25) is 0 Å². The highest BCUT2D eigenvalue weighted by molar-refractivity contribution is 5.13. The molecule has 0 saturated heterocycles. The average molecular weight is 292 g/mol. The number of hydrogen-bond acceptors (Lipinski definition) is 3. The summed E-state index contributed by atoms with van der Waals surface area (Å²) >= 11 is 0. The van der Waals surface area contributed by atoms with Gasteiger partial charge in [-0.1, -0.05) is 50.1 Å². The van der Waals surface area contributed by atoms with E-state index in [0.29, 0.717) is 32.3 Å². The molecule has 0 bridgehead atoms. The van der Waals surface area contributed by atoms with Gasteiger partial charge < -0.3 is 14.6 Å². The minimum absolute atomic E-state index is 0.291. The van der Waals surface area contributed by atoms with E-state index in [0.717, 1.165) is 24.8 Å². The second kappa shape index (κ2) is 8.52. The molecule has 0 amide bonds. The van der Waals surface area contributed by atoms with Crippen molar-refractivity contribution < 1.29 is 14.6 Å². The summed E-state index contributed by atoms with van der Waals surface area (Å²) < 4.78 is 11.0. The molecule has 1 aromatic carbocycles. The molecule has 0 aliphatic heterocycles. The van der Waals surface area contributed by atoms with Crippen molar-refractivity contribution in [3.63, 3.8) is 0 Å². The maximum Gasteiger partial charge on any atom is 0.147 e. The maximum absolute atomic E-state index is 10.7. The van der Waals surface area contributed by atoms with E-state index in [2.05, 4.69) is 6.92 Å². The summed E-state index contributed by atoms with van der Waals surface area (Å²) in [7, 11) is 0. The Balaban J connectivity index is 1.60. The maximum atomic E-state index is 10.7. The summed E-state index contributed by atoms with van der Waals surface area (Å²) in [6.07, 6.45) is 6.36. The van der Waals surface area contributed by atoms with Gasteiger partial charge in [-0.25, -0.2) is 0 Å². The van der Waals surface area contributed by atoms with Crippen LogP contribution in [0.25, 0.3) is 0 Å². The highest BCUT2D eigenvalue weighted by Gasteiger charge is 2.36. The quantitative estimate of drug-likeness (QED) is 0.554. The van der Waals surface area contributed by atoms with Crippen molar-refractivity contribution in [1.29, 1.82) is 0 Å². The third-order valence-electron chi connectivity index (χ3n) is 4.68. The van der Waals surface area contributed by atoms with Crippen molar-refractivity contribution in [3.8, 4) is 0 Å². The molecule has 1 saturated carbocycles. The zero-order valence-electron chi connectivity index (χ0n) is 13.1. The van der Waals surface area contributed by atoms with Crippen LogP contribution in [0.4, 0.5) is 0 Å². The molecule has 1 N–H and O–H groups in total. The van der Waals surface area contributed by atoms with Crippen molar-refractivity contribution in [2.75, 3.05) is 13.4 Å². The van der Waals surface area contributed by atoms with E-state index in [1.54, 1.807) is 0 Å². The predicted octanol–water partition coefficient (Wildman–Crippen LogP) is 3.90. The van der Waals surface area contributed by atoms with Crippen LogP contribution in [0.3, 0.4) is 0 Å². The molecule has 1 unspecified atom stereocenters. The lowest BCUT2D eigenvalue weighted by atomic mass is 9.81. The van der Waals surface area contributed by atoms with Gasteiger partial charge in [0.1, 0.15) is 6.79 Å². The predicted molar refractivity (Wildman–Crippen MR) is 83.9 cm³/mol. The summed E-state index contributed by atoms with van der Waals surface area (Å²) in [5.41, 5.74) is 0.604. The molecule has 3 heteroatoms. The highest BCUT2D eigenvalue weighted by Crippen LogP contribution is 2.37. The van der Waals surface area contributed by atoms with E-state index in [-0.39, 0.29) is 0 Å². The number of rotatable bonds is 9. The minimum Gasteiger partial charge on any atom is -0.390 e. The topological polar surface area (TPSA) is 38.7 Å². The van der Waals surface area contributed by atoms with E-state index in [1.807, 2.05) is 30.3 Å². The minimum atomic E-state index is -0.546. The van der Waals surface area contributed by atoms with Crippen LogP contribution in [0.1, 0.15) is 51.0 Å². The van der Waals surface area contributed by atoms with Crippen LogP contribution in [0.5, 0.6) is 0 Å². The number of hydrogen-bond donors (Lipinski definition) is 1. The number of ether oxygens (including phenoxy) is 2. The molecule has 0 heterocycles. The van der Waals surface area contributed by atoms with Crippen molar-refractivity contribution >= 4 is 0 Å². The summed E-state index contributed by atoms with van der Waals surface area (Å²) in [6, 6.07) is 10.1. The Labute approximate surface area is 128 Å².